The third-order valence-electron chi connectivity index (χ3n) is 6.69. The number of rotatable bonds is 6. The molecule has 0 amide bonds. The Kier molecular flexibility index (Phi) is 6.97. The number of carbonyl (C=O) groups excluding carboxylic acids is 2. The number of cyclic esters (lactones) is 1. The third kappa shape index (κ3) is 4.86. The van der Waals surface area contributed by atoms with Gasteiger partial charge < -0.3 is 14.6 Å². The Morgan fingerprint density at radius 1 is 1.39 bits per heavy atom. The van der Waals surface area contributed by atoms with E-state index >= 15 is 0 Å². The minimum absolute atomic E-state index is 0.0764. The Hall–Kier alpha value is -1.62. The molecule has 1 unspecified atom stereocenters. The molecule has 0 saturated carbocycles. The highest BCUT2D eigenvalue weighted by Gasteiger charge is 2.40. The van der Waals surface area contributed by atoms with Gasteiger partial charge in [-0.15, -0.1) is 0 Å². The molecule has 5 nitrogen and oxygen atoms in total. The molecule has 3 rings (SSSR count). The van der Waals surface area contributed by atoms with Crippen molar-refractivity contribution in [1.82, 2.24) is 0 Å². The van der Waals surface area contributed by atoms with Gasteiger partial charge in [0, 0.05) is 12.3 Å². The molecule has 0 bridgehead atoms. The maximum absolute atomic E-state index is 12.4. The predicted molar refractivity (Wildman–Crippen MR) is 106 cm³/mol. The fourth-order valence-corrected chi connectivity index (χ4v) is 4.80. The molecule has 1 saturated heterocycles. The van der Waals surface area contributed by atoms with Crippen LogP contribution in [0.25, 0.3) is 0 Å². The largest absolute Gasteiger partial charge is 0.462 e. The van der Waals surface area contributed by atoms with Gasteiger partial charge in [0.25, 0.3) is 0 Å². The van der Waals surface area contributed by atoms with Crippen LogP contribution in [-0.2, 0) is 19.1 Å². The van der Waals surface area contributed by atoms with E-state index in [9.17, 15) is 14.7 Å². The molecular weight excluding hydrogens is 356 g/mol. The standard InChI is InChI=1S/C23H34O5/c1-4-14(2)23(26)28-20-7-5-6-16-9-8-15(3)19(22(16)20)11-10-18-12-17(24)13-21(25)27-18/h6,8-9,14-15,17-20,22,24H,4-5,7,10-13H2,1-3H3/t14-,15-,17+,18-,19-,20-,22?/m0/s1. The average molecular weight is 391 g/mol. The molecule has 0 spiro atoms. The summed E-state index contributed by atoms with van der Waals surface area (Å²) in [6.45, 7) is 6.14. The normalized spacial score (nSPS) is 36.1. The molecule has 2 aliphatic carbocycles. The van der Waals surface area contributed by atoms with Crippen molar-refractivity contribution < 1.29 is 24.2 Å². The Bertz CT molecular complexity index is 637. The van der Waals surface area contributed by atoms with Gasteiger partial charge in [-0.1, -0.05) is 39.0 Å². The zero-order chi connectivity index (χ0) is 20.3. The number of hydrogen-bond donors (Lipinski definition) is 1. The van der Waals surface area contributed by atoms with E-state index in [4.69, 9.17) is 9.47 Å². The lowest BCUT2D eigenvalue weighted by Crippen LogP contribution is -2.40. The smallest absolute Gasteiger partial charge is 0.308 e. The molecular formula is C23H34O5. The number of fused-ring (bicyclic) bond motifs is 1. The highest BCUT2D eigenvalue weighted by Crippen LogP contribution is 2.44. The number of allylic oxidation sites excluding steroid dienone is 3. The van der Waals surface area contributed by atoms with Gasteiger partial charge in [-0.2, -0.15) is 0 Å². The Morgan fingerprint density at radius 3 is 2.89 bits per heavy atom. The van der Waals surface area contributed by atoms with Crippen LogP contribution in [-0.4, -0.2) is 35.4 Å². The molecule has 3 aliphatic rings. The molecule has 5 heteroatoms. The highest BCUT2D eigenvalue weighted by atomic mass is 16.5. The second-order valence-electron chi connectivity index (χ2n) is 8.76. The first kappa shape index (κ1) is 21.1. The van der Waals surface area contributed by atoms with E-state index in [1.54, 1.807) is 0 Å². The summed E-state index contributed by atoms with van der Waals surface area (Å²) < 4.78 is 11.4. The van der Waals surface area contributed by atoms with Crippen molar-refractivity contribution in [3.63, 3.8) is 0 Å². The monoisotopic (exact) mass is 390 g/mol. The number of aliphatic hydroxyl groups excluding tert-OH is 1. The third-order valence-corrected chi connectivity index (χ3v) is 6.69. The van der Waals surface area contributed by atoms with Gasteiger partial charge in [-0.3, -0.25) is 9.59 Å². The maximum atomic E-state index is 12.4. The second-order valence-corrected chi connectivity index (χ2v) is 8.76. The average Bonchev–Trinajstić information content (AvgIpc) is 2.66. The van der Waals surface area contributed by atoms with Crippen molar-refractivity contribution in [1.29, 1.82) is 0 Å². The van der Waals surface area contributed by atoms with Crippen molar-refractivity contribution >= 4 is 11.9 Å². The zero-order valence-electron chi connectivity index (χ0n) is 17.3. The van der Waals surface area contributed by atoms with Crippen molar-refractivity contribution in [3.05, 3.63) is 23.8 Å². The van der Waals surface area contributed by atoms with Crippen LogP contribution in [0.2, 0.25) is 0 Å². The summed E-state index contributed by atoms with van der Waals surface area (Å²) >= 11 is 0. The summed E-state index contributed by atoms with van der Waals surface area (Å²) in [7, 11) is 0. The fraction of sp³-hybridized carbons (Fsp3) is 0.739. The topological polar surface area (TPSA) is 72.8 Å². The number of ether oxygens (including phenoxy) is 2. The molecule has 1 N–H and O–H groups in total. The molecule has 0 aromatic rings. The minimum atomic E-state index is -0.593. The van der Waals surface area contributed by atoms with E-state index in [1.165, 1.54) is 5.57 Å². The van der Waals surface area contributed by atoms with Crippen molar-refractivity contribution in [3.8, 4) is 0 Å². The van der Waals surface area contributed by atoms with Crippen molar-refractivity contribution in [2.24, 2.45) is 23.7 Å². The number of carbonyl (C=O) groups is 2. The predicted octanol–water partition coefficient (Wildman–Crippen LogP) is 3.95. The molecule has 1 aliphatic heterocycles. The van der Waals surface area contributed by atoms with E-state index in [0.717, 1.165) is 32.1 Å². The van der Waals surface area contributed by atoms with Gasteiger partial charge in [-0.25, -0.2) is 0 Å². The molecule has 1 fully saturated rings. The van der Waals surface area contributed by atoms with Crippen LogP contribution < -0.4 is 0 Å². The van der Waals surface area contributed by atoms with Gasteiger partial charge >= 0.3 is 11.9 Å². The minimum Gasteiger partial charge on any atom is -0.462 e. The first-order chi connectivity index (χ1) is 13.4. The van der Waals surface area contributed by atoms with Gasteiger partial charge in [0.1, 0.15) is 12.2 Å². The first-order valence-electron chi connectivity index (χ1n) is 10.8. The highest BCUT2D eigenvalue weighted by molar-refractivity contribution is 5.72. The van der Waals surface area contributed by atoms with E-state index in [0.29, 0.717) is 18.3 Å². The van der Waals surface area contributed by atoms with Crippen LogP contribution in [0.15, 0.2) is 23.8 Å². The van der Waals surface area contributed by atoms with Gasteiger partial charge in [0.05, 0.1) is 18.4 Å². The maximum Gasteiger partial charge on any atom is 0.308 e. The summed E-state index contributed by atoms with van der Waals surface area (Å²) in [5.74, 6) is 0.426. The lowest BCUT2D eigenvalue weighted by atomic mass is 9.66. The van der Waals surface area contributed by atoms with Crippen LogP contribution >= 0.6 is 0 Å². The Balaban J connectivity index is 1.70. The molecule has 0 aromatic carbocycles. The first-order valence-corrected chi connectivity index (χ1v) is 10.8. The number of aliphatic hydroxyl groups is 1. The van der Waals surface area contributed by atoms with E-state index < -0.39 is 6.10 Å². The summed E-state index contributed by atoms with van der Waals surface area (Å²) in [5, 5.41) is 9.86. The molecule has 0 aromatic heterocycles. The summed E-state index contributed by atoms with van der Waals surface area (Å²) in [6, 6.07) is 0. The van der Waals surface area contributed by atoms with Crippen molar-refractivity contribution in [2.45, 2.75) is 84.0 Å². The van der Waals surface area contributed by atoms with E-state index in [2.05, 4.69) is 25.2 Å². The number of esters is 2. The summed E-state index contributed by atoms with van der Waals surface area (Å²) in [4.78, 5) is 24.1. The van der Waals surface area contributed by atoms with Gasteiger partial charge in [0.2, 0.25) is 0 Å². The van der Waals surface area contributed by atoms with E-state index in [1.807, 2.05) is 13.8 Å². The van der Waals surface area contributed by atoms with Crippen LogP contribution in [0.4, 0.5) is 0 Å². The lowest BCUT2D eigenvalue weighted by molar-refractivity contribution is -0.162. The van der Waals surface area contributed by atoms with Gasteiger partial charge in [0.15, 0.2) is 0 Å². The second kappa shape index (κ2) is 9.25. The molecule has 0 radical (unpaired) electrons. The summed E-state index contributed by atoms with van der Waals surface area (Å²) in [5.41, 5.74) is 1.27. The van der Waals surface area contributed by atoms with Crippen LogP contribution in [0, 0.1) is 23.7 Å². The number of hydrogen-bond acceptors (Lipinski definition) is 5. The quantitative estimate of drug-likeness (QED) is 0.695. The molecule has 28 heavy (non-hydrogen) atoms. The zero-order valence-corrected chi connectivity index (χ0v) is 17.3. The van der Waals surface area contributed by atoms with Crippen molar-refractivity contribution in [2.75, 3.05) is 0 Å². The Labute approximate surface area is 168 Å². The van der Waals surface area contributed by atoms with Crippen LogP contribution in [0.3, 0.4) is 0 Å². The summed E-state index contributed by atoms with van der Waals surface area (Å²) in [6.07, 6.45) is 10.6. The lowest BCUT2D eigenvalue weighted by Gasteiger charge is -2.42. The van der Waals surface area contributed by atoms with Crippen LogP contribution in [0.5, 0.6) is 0 Å². The van der Waals surface area contributed by atoms with Crippen LogP contribution in [0.1, 0.15) is 65.7 Å². The Morgan fingerprint density at radius 2 is 2.18 bits per heavy atom. The van der Waals surface area contributed by atoms with Gasteiger partial charge in [-0.05, 0) is 49.5 Å². The molecule has 1 heterocycles. The fourth-order valence-electron chi connectivity index (χ4n) is 4.80. The SMILES string of the molecule is CC[C@H](C)C(=O)O[C@H]1CCC=C2C=C[C@H](C)[C@H](CC[C@H]3C[C@@H](O)CC(=O)O3)C21. The molecule has 156 valence electrons. The van der Waals surface area contributed by atoms with E-state index in [-0.39, 0.29) is 42.4 Å². The molecule has 7 atom stereocenters.